The van der Waals surface area contributed by atoms with E-state index in [-0.39, 0.29) is 5.91 Å². The van der Waals surface area contributed by atoms with Gasteiger partial charge < -0.3 is 14.2 Å². The first-order valence-corrected chi connectivity index (χ1v) is 6.14. The van der Waals surface area contributed by atoms with E-state index in [2.05, 4.69) is 11.9 Å². The summed E-state index contributed by atoms with van der Waals surface area (Å²) >= 11 is 0. The minimum absolute atomic E-state index is 0.183. The van der Waals surface area contributed by atoms with Gasteiger partial charge >= 0.3 is 9.28 Å². The van der Waals surface area contributed by atoms with Crippen molar-refractivity contribution in [3.05, 3.63) is 12.7 Å². The fraction of sp³-hybridized carbons (Fsp3) is 0.625. The molecule has 0 radical (unpaired) electrons. The summed E-state index contributed by atoms with van der Waals surface area (Å²) in [4.78, 5) is 10.8. The molecule has 0 aromatic rings. The first-order valence-electron chi connectivity index (χ1n) is 4.38. The van der Waals surface area contributed by atoms with Crippen LogP contribution in [0.4, 0.5) is 0 Å². The molecule has 4 nitrogen and oxygen atoms in total. The van der Waals surface area contributed by atoms with Crippen molar-refractivity contribution in [1.29, 1.82) is 0 Å². The molecule has 0 aliphatic rings. The Bertz CT molecular complexity index is 157. The lowest BCUT2D eigenvalue weighted by molar-refractivity contribution is -0.116. The van der Waals surface area contributed by atoms with Gasteiger partial charge in [0.25, 0.3) is 0 Å². The summed E-state index contributed by atoms with van der Waals surface area (Å²) in [5.74, 6) is -0.183. The highest BCUT2D eigenvalue weighted by molar-refractivity contribution is 6.45. The maximum absolute atomic E-state index is 10.8. The zero-order chi connectivity index (χ0) is 10.1. The molecular formula is C8H17NO3Si. The van der Waals surface area contributed by atoms with Crippen LogP contribution >= 0.6 is 0 Å². The quantitative estimate of drug-likeness (QED) is 0.472. The van der Waals surface area contributed by atoms with Crippen LogP contribution in [-0.2, 0) is 13.6 Å². The predicted octanol–water partition coefficient (Wildman–Crippen LogP) is 0.121. The highest BCUT2D eigenvalue weighted by Gasteiger charge is 2.12. The van der Waals surface area contributed by atoms with Crippen LogP contribution in [0.15, 0.2) is 12.7 Å². The van der Waals surface area contributed by atoms with Crippen molar-refractivity contribution in [3.63, 3.8) is 0 Å². The van der Waals surface area contributed by atoms with Gasteiger partial charge in [-0.3, -0.25) is 4.79 Å². The Labute approximate surface area is 80.8 Å². The van der Waals surface area contributed by atoms with Crippen molar-refractivity contribution >= 4 is 15.2 Å². The Hall–Kier alpha value is -0.653. The second-order valence-corrected chi connectivity index (χ2v) is 4.22. The summed E-state index contributed by atoms with van der Waals surface area (Å²) in [7, 11) is -1.68. The third-order valence-electron chi connectivity index (χ3n) is 1.33. The van der Waals surface area contributed by atoms with E-state index in [1.165, 1.54) is 6.08 Å². The highest BCUT2D eigenvalue weighted by Crippen LogP contribution is 1.87. The molecule has 0 unspecified atom stereocenters. The SMILES string of the molecule is C=CC(=O)NC[SiH](OCC)OCC. The van der Waals surface area contributed by atoms with Gasteiger partial charge in [0.15, 0.2) is 0 Å². The van der Waals surface area contributed by atoms with Crippen LogP contribution in [0.1, 0.15) is 13.8 Å². The minimum atomic E-state index is -1.68. The number of hydrogen-bond acceptors (Lipinski definition) is 3. The molecule has 76 valence electrons. The van der Waals surface area contributed by atoms with Crippen molar-refractivity contribution in [1.82, 2.24) is 5.32 Å². The molecule has 0 aromatic heterocycles. The first-order chi connectivity index (χ1) is 6.24. The van der Waals surface area contributed by atoms with Gasteiger partial charge in [0.1, 0.15) is 0 Å². The number of nitrogens with one attached hydrogen (secondary N) is 1. The number of rotatable bonds is 7. The zero-order valence-corrected chi connectivity index (χ0v) is 9.36. The first kappa shape index (κ1) is 12.3. The van der Waals surface area contributed by atoms with Crippen LogP contribution in [0, 0.1) is 0 Å². The highest BCUT2D eigenvalue weighted by atomic mass is 28.3. The molecule has 0 heterocycles. The third kappa shape index (κ3) is 6.50. The topological polar surface area (TPSA) is 47.6 Å². The molecule has 0 fully saturated rings. The van der Waals surface area contributed by atoms with Gasteiger partial charge in [0.05, 0.1) is 6.17 Å². The molecule has 0 saturated heterocycles. The smallest absolute Gasteiger partial charge is 0.341 e. The summed E-state index contributed by atoms with van der Waals surface area (Å²) in [6, 6.07) is 0. The number of carbonyl (C=O) groups is 1. The summed E-state index contributed by atoms with van der Waals surface area (Å²) in [5, 5.41) is 2.66. The lowest BCUT2D eigenvalue weighted by Crippen LogP contribution is -2.38. The molecule has 13 heavy (non-hydrogen) atoms. The zero-order valence-electron chi connectivity index (χ0n) is 8.21. The summed E-state index contributed by atoms with van der Waals surface area (Å²) < 4.78 is 10.7. The summed E-state index contributed by atoms with van der Waals surface area (Å²) in [6.45, 7) is 8.43. The van der Waals surface area contributed by atoms with Crippen molar-refractivity contribution in [3.8, 4) is 0 Å². The van der Waals surface area contributed by atoms with Gasteiger partial charge in [-0.2, -0.15) is 0 Å². The van der Waals surface area contributed by atoms with Crippen LogP contribution in [0.5, 0.6) is 0 Å². The van der Waals surface area contributed by atoms with E-state index >= 15 is 0 Å². The van der Waals surface area contributed by atoms with Crippen molar-refractivity contribution in [2.24, 2.45) is 0 Å². The van der Waals surface area contributed by atoms with Gasteiger partial charge in [-0.05, 0) is 19.9 Å². The molecular weight excluding hydrogens is 186 g/mol. The normalized spacial score (nSPS) is 10.1. The molecule has 0 bridgehead atoms. The van der Waals surface area contributed by atoms with Crippen molar-refractivity contribution in [2.45, 2.75) is 13.8 Å². The Kier molecular flexibility index (Phi) is 7.57. The van der Waals surface area contributed by atoms with E-state index in [0.29, 0.717) is 19.4 Å². The van der Waals surface area contributed by atoms with Crippen molar-refractivity contribution < 1.29 is 13.6 Å². The largest absolute Gasteiger partial charge is 0.396 e. The molecule has 0 saturated carbocycles. The molecule has 1 amide bonds. The third-order valence-corrected chi connectivity index (χ3v) is 3.28. The summed E-state index contributed by atoms with van der Waals surface area (Å²) in [6.07, 6.45) is 1.73. The van der Waals surface area contributed by atoms with Crippen LogP contribution in [0.3, 0.4) is 0 Å². The van der Waals surface area contributed by atoms with E-state index in [0.717, 1.165) is 0 Å². The number of hydrogen-bond donors (Lipinski definition) is 1. The van der Waals surface area contributed by atoms with E-state index in [9.17, 15) is 4.79 Å². The second-order valence-electron chi connectivity index (χ2n) is 2.29. The Morgan fingerprint density at radius 2 is 2.00 bits per heavy atom. The average Bonchev–Trinajstić information content (AvgIpc) is 2.14. The Morgan fingerprint density at radius 1 is 1.46 bits per heavy atom. The number of carbonyl (C=O) groups excluding carboxylic acids is 1. The van der Waals surface area contributed by atoms with Crippen LogP contribution < -0.4 is 5.32 Å². The number of amides is 1. The lowest BCUT2D eigenvalue weighted by Gasteiger charge is -2.14. The van der Waals surface area contributed by atoms with Crippen LogP contribution in [0.25, 0.3) is 0 Å². The maximum Gasteiger partial charge on any atom is 0.341 e. The standard InChI is InChI=1S/C8H17NO3Si/c1-4-8(10)9-7-13(11-5-2)12-6-3/h4,13H,1,5-7H2,2-3H3,(H,9,10). The fourth-order valence-corrected chi connectivity index (χ4v) is 2.24. The molecule has 0 rings (SSSR count). The molecule has 5 heteroatoms. The van der Waals surface area contributed by atoms with Gasteiger partial charge in [-0.15, -0.1) is 0 Å². The molecule has 0 atom stereocenters. The van der Waals surface area contributed by atoms with E-state index in [4.69, 9.17) is 8.85 Å². The molecule has 0 aliphatic heterocycles. The Balaban J connectivity index is 3.67. The van der Waals surface area contributed by atoms with Crippen molar-refractivity contribution in [2.75, 3.05) is 19.4 Å². The van der Waals surface area contributed by atoms with Gasteiger partial charge in [-0.25, -0.2) is 0 Å². The van der Waals surface area contributed by atoms with Crippen LogP contribution in [0.2, 0.25) is 0 Å². The minimum Gasteiger partial charge on any atom is -0.396 e. The second kappa shape index (κ2) is 7.97. The van der Waals surface area contributed by atoms with E-state index < -0.39 is 9.28 Å². The predicted molar refractivity (Wildman–Crippen MR) is 53.6 cm³/mol. The van der Waals surface area contributed by atoms with E-state index in [1.807, 2.05) is 13.8 Å². The van der Waals surface area contributed by atoms with Gasteiger partial charge in [0, 0.05) is 13.2 Å². The van der Waals surface area contributed by atoms with Crippen LogP contribution in [-0.4, -0.2) is 34.6 Å². The van der Waals surface area contributed by atoms with Gasteiger partial charge in [-0.1, -0.05) is 6.58 Å². The summed E-state index contributed by atoms with van der Waals surface area (Å²) in [5.41, 5.74) is 0. The maximum atomic E-state index is 10.8. The molecule has 0 spiro atoms. The Morgan fingerprint density at radius 3 is 2.38 bits per heavy atom. The lowest BCUT2D eigenvalue weighted by atomic mass is 10.6. The van der Waals surface area contributed by atoms with Gasteiger partial charge in [0.2, 0.25) is 5.91 Å². The average molecular weight is 203 g/mol. The monoisotopic (exact) mass is 203 g/mol. The molecule has 1 N–H and O–H groups in total. The fourth-order valence-electron chi connectivity index (χ4n) is 0.794. The molecule has 0 aliphatic carbocycles. The molecule has 0 aromatic carbocycles. The van der Waals surface area contributed by atoms with E-state index in [1.54, 1.807) is 0 Å².